The summed E-state index contributed by atoms with van der Waals surface area (Å²) in [6.07, 6.45) is 5.15. The fourth-order valence-electron chi connectivity index (χ4n) is 2.78. The monoisotopic (exact) mass is 322 g/mol. The van der Waals surface area contributed by atoms with E-state index >= 15 is 0 Å². The molecule has 8 heteroatoms. The number of benzene rings is 1. The fourth-order valence-corrected chi connectivity index (χ4v) is 2.78. The third kappa shape index (κ3) is 1.93. The Morgan fingerprint density at radius 2 is 1.79 bits per heavy atom. The summed E-state index contributed by atoms with van der Waals surface area (Å²) < 4.78 is 5.47. The highest BCUT2D eigenvalue weighted by Gasteiger charge is 2.13. The zero-order chi connectivity index (χ0) is 16.8. The lowest BCUT2D eigenvalue weighted by Gasteiger charge is -2.06. The summed E-state index contributed by atoms with van der Waals surface area (Å²) in [5, 5.41) is 5.24. The predicted octanol–water partition coefficient (Wildman–Crippen LogP) is 0.609. The molecule has 0 atom stereocenters. The molecule has 120 valence electrons. The van der Waals surface area contributed by atoms with Crippen molar-refractivity contribution in [2.24, 2.45) is 14.1 Å². The van der Waals surface area contributed by atoms with Crippen LogP contribution < -0.4 is 11.4 Å². The molecular formula is C16H14N6O2. The molecule has 0 spiro atoms. The highest BCUT2D eigenvalue weighted by molar-refractivity contribution is 5.82. The average Bonchev–Trinajstić information content (AvgIpc) is 3.11. The number of aromatic nitrogens is 6. The average molecular weight is 322 g/mol. The van der Waals surface area contributed by atoms with E-state index in [1.54, 1.807) is 36.4 Å². The van der Waals surface area contributed by atoms with Gasteiger partial charge in [-0.3, -0.25) is 4.98 Å². The van der Waals surface area contributed by atoms with E-state index in [0.29, 0.717) is 5.69 Å². The SMILES string of the molecule is Cn1c(=O)n(C)n(-c2ccc3c(cnn3-c3cccnc3)c2)c1=O. The van der Waals surface area contributed by atoms with Gasteiger partial charge < -0.3 is 0 Å². The van der Waals surface area contributed by atoms with E-state index in [0.717, 1.165) is 21.2 Å². The number of nitrogens with zero attached hydrogens (tertiary/aromatic N) is 6. The van der Waals surface area contributed by atoms with Crippen molar-refractivity contribution in [1.29, 1.82) is 0 Å². The first-order valence-corrected chi connectivity index (χ1v) is 7.31. The van der Waals surface area contributed by atoms with Gasteiger partial charge in [-0.1, -0.05) is 0 Å². The van der Waals surface area contributed by atoms with Crippen LogP contribution in [0.25, 0.3) is 22.3 Å². The van der Waals surface area contributed by atoms with Crippen molar-refractivity contribution in [2.45, 2.75) is 0 Å². The van der Waals surface area contributed by atoms with Gasteiger partial charge in [0.25, 0.3) is 0 Å². The lowest BCUT2D eigenvalue weighted by molar-refractivity contribution is 0.628. The summed E-state index contributed by atoms with van der Waals surface area (Å²) in [6.45, 7) is 0. The van der Waals surface area contributed by atoms with Crippen LogP contribution in [0.4, 0.5) is 0 Å². The van der Waals surface area contributed by atoms with Gasteiger partial charge in [0.1, 0.15) is 0 Å². The number of hydrogen-bond acceptors (Lipinski definition) is 4. The summed E-state index contributed by atoms with van der Waals surface area (Å²) in [6, 6.07) is 9.25. The summed E-state index contributed by atoms with van der Waals surface area (Å²) in [5.41, 5.74) is 1.59. The van der Waals surface area contributed by atoms with Gasteiger partial charge in [-0.05, 0) is 30.3 Å². The Balaban J connectivity index is 1.92. The molecule has 0 radical (unpaired) electrons. The van der Waals surface area contributed by atoms with E-state index in [4.69, 9.17) is 0 Å². The van der Waals surface area contributed by atoms with Crippen molar-refractivity contribution in [1.82, 2.24) is 28.7 Å². The van der Waals surface area contributed by atoms with Crippen molar-refractivity contribution < 1.29 is 0 Å². The lowest BCUT2D eigenvalue weighted by Crippen LogP contribution is -2.25. The largest absolute Gasteiger partial charge is 0.351 e. The van der Waals surface area contributed by atoms with Crippen LogP contribution in [0.5, 0.6) is 0 Å². The molecule has 0 saturated heterocycles. The molecular weight excluding hydrogens is 308 g/mol. The van der Waals surface area contributed by atoms with Gasteiger partial charge in [-0.2, -0.15) is 9.78 Å². The Kier molecular flexibility index (Phi) is 2.99. The highest BCUT2D eigenvalue weighted by Crippen LogP contribution is 2.20. The fraction of sp³-hybridized carbons (Fsp3) is 0.125. The van der Waals surface area contributed by atoms with E-state index in [9.17, 15) is 9.59 Å². The molecule has 0 bridgehead atoms. The van der Waals surface area contributed by atoms with Gasteiger partial charge in [0.2, 0.25) is 0 Å². The number of fused-ring (bicyclic) bond motifs is 1. The molecule has 0 aliphatic carbocycles. The number of hydrogen-bond donors (Lipinski definition) is 0. The minimum atomic E-state index is -0.387. The van der Waals surface area contributed by atoms with Gasteiger partial charge in [0.05, 0.1) is 29.3 Å². The van der Waals surface area contributed by atoms with Crippen LogP contribution in [-0.2, 0) is 14.1 Å². The van der Waals surface area contributed by atoms with Gasteiger partial charge in [0.15, 0.2) is 0 Å². The zero-order valence-corrected chi connectivity index (χ0v) is 13.1. The first kappa shape index (κ1) is 14.2. The summed E-state index contributed by atoms with van der Waals surface area (Å²) in [7, 11) is 3.02. The van der Waals surface area contributed by atoms with Gasteiger partial charge in [-0.25, -0.2) is 23.5 Å². The maximum Gasteiger partial charge on any atom is 0.351 e. The molecule has 3 heterocycles. The zero-order valence-electron chi connectivity index (χ0n) is 13.1. The standard InChI is InChI=1S/C16H14N6O2/c1-19-15(23)20(2)22(16(19)24)12-5-6-14-11(8-12)9-18-21(14)13-4-3-7-17-10-13/h3-10H,1-2H3. The molecule has 8 nitrogen and oxygen atoms in total. The first-order chi connectivity index (χ1) is 11.6. The van der Waals surface area contributed by atoms with Crippen LogP contribution in [0.1, 0.15) is 0 Å². The molecule has 0 aliphatic rings. The van der Waals surface area contributed by atoms with Crippen LogP contribution in [0, 0.1) is 0 Å². The van der Waals surface area contributed by atoms with Crippen molar-refractivity contribution >= 4 is 10.9 Å². The van der Waals surface area contributed by atoms with Crippen LogP contribution in [0.3, 0.4) is 0 Å². The second-order valence-electron chi connectivity index (χ2n) is 5.47. The molecule has 0 aliphatic heterocycles. The molecule has 4 rings (SSSR count). The smallest absolute Gasteiger partial charge is 0.262 e. The third-order valence-corrected chi connectivity index (χ3v) is 4.02. The van der Waals surface area contributed by atoms with Gasteiger partial charge in [0, 0.05) is 25.7 Å². The Bertz CT molecular complexity index is 1160. The second-order valence-corrected chi connectivity index (χ2v) is 5.47. The molecule has 0 fully saturated rings. The molecule has 1 aromatic carbocycles. The van der Waals surface area contributed by atoms with E-state index in [2.05, 4.69) is 10.1 Å². The Morgan fingerprint density at radius 3 is 2.46 bits per heavy atom. The molecule has 3 aromatic heterocycles. The Hall–Kier alpha value is -3.42. The summed E-state index contributed by atoms with van der Waals surface area (Å²) >= 11 is 0. The normalized spacial score (nSPS) is 11.2. The molecule has 0 saturated carbocycles. The maximum absolute atomic E-state index is 12.2. The van der Waals surface area contributed by atoms with Crippen LogP contribution in [0.2, 0.25) is 0 Å². The number of rotatable bonds is 2. The molecule has 24 heavy (non-hydrogen) atoms. The minimum absolute atomic E-state index is 0.369. The van der Waals surface area contributed by atoms with E-state index in [1.807, 2.05) is 24.3 Å². The summed E-state index contributed by atoms with van der Waals surface area (Å²) in [5.74, 6) is 0. The van der Waals surface area contributed by atoms with E-state index < -0.39 is 0 Å². The van der Waals surface area contributed by atoms with Crippen LogP contribution >= 0.6 is 0 Å². The molecule has 0 amide bonds. The minimum Gasteiger partial charge on any atom is -0.262 e. The topological polar surface area (TPSA) is 79.6 Å². The Morgan fingerprint density at radius 1 is 0.958 bits per heavy atom. The quantitative estimate of drug-likeness (QED) is 0.541. The molecule has 0 N–H and O–H groups in total. The van der Waals surface area contributed by atoms with Gasteiger partial charge >= 0.3 is 11.4 Å². The molecule has 4 aromatic rings. The first-order valence-electron chi connectivity index (χ1n) is 7.31. The highest BCUT2D eigenvalue weighted by atomic mass is 16.2. The molecule has 0 unspecified atom stereocenters. The van der Waals surface area contributed by atoms with Crippen molar-refractivity contribution in [3.63, 3.8) is 0 Å². The predicted molar refractivity (Wildman–Crippen MR) is 88.7 cm³/mol. The second kappa shape index (κ2) is 5.05. The maximum atomic E-state index is 12.2. The third-order valence-electron chi connectivity index (χ3n) is 4.02. The van der Waals surface area contributed by atoms with Crippen molar-refractivity contribution in [2.75, 3.05) is 0 Å². The van der Waals surface area contributed by atoms with Crippen LogP contribution in [-0.4, -0.2) is 28.7 Å². The van der Waals surface area contributed by atoms with Crippen molar-refractivity contribution in [3.8, 4) is 11.4 Å². The van der Waals surface area contributed by atoms with Gasteiger partial charge in [-0.15, -0.1) is 0 Å². The van der Waals surface area contributed by atoms with E-state index in [-0.39, 0.29) is 11.4 Å². The summed E-state index contributed by atoms with van der Waals surface area (Å²) in [4.78, 5) is 28.3. The van der Waals surface area contributed by atoms with E-state index in [1.165, 1.54) is 16.4 Å². The van der Waals surface area contributed by atoms with Crippen LogP contribution in [0.15, 0.2) is 58.5 Å². The lowest BCUT2D eigenvalue weighted by atomic mass is 10.2. The van der Waals surface area contributed by atoms with Crippen molar-refractivity contribution in [3.05, 3.63) is 69.9 Å². The Labute approximate surface area is 135 Å². The number of pyridine rings is 1.